The third-order valence-electron chi connectivity index (χ3n) is 20.9. The van der Waals surface area contributed by atoms with E-state index in [1.54, 1.807) is 0 Å². The molecule has 804 valence electrons. The number of carbonyl (C=O) groups excluding carboxylic acids is 9. The number of carboxylic acids is 1. The van der Waals surface area contributed by atoms with Gasteiger partial charge < -0.3 is 121 Å². The topological polar surface area (TPSA) is 499 Å². The van der Waals surface area contributed by atoms with Crippen LogP contribution in [0.1, 0.15) is 391 Å². The summed E-state index contributed by atoms with van der Waals surface area (Å²) < 4.78 is 58.2. The number of aromatic hydroxyl groups is 4. The van der Waals surface area contributed by atoms with Gasteiger partial charge in [-0.25, -0.2) is 9.59 Å². The Bertz CT molecular complexity index is 3240. The third-order valence-corrected chi connectivity index (χ3v) is 20.9. The molecule has 4 rings (SSSR count). The molecule has 0 aliphatic carbocycles. The van der Waals surface area contributed by atoms with Crippen molar-refractivity contribution >= 4 is 59.6 Å². The van der Waals surface area contributed by atoms with Crippen molar-refractivity contribution in [2.24, 2.45) is 0 Å². The van der Waals surface area contributed by atoms with Crippen LogP contribution in [0.3, 0.4) is 0 Å². The van der Waals surface area contributed by atoms with Crippen molar-refractivity contribution in [3.63, 3.8) is 0 Å². The number of ether oxygens (including phenoxy) is 11. The van der Waals surface area contributed by atoms with E-state index in [0.29, 0.717) is 88.0 Å². The van der Waals surface area contributed by atoms with Gasteiger partial charge in [0, 0.05) is 91.7 Å². The van der Waals surface area contributed by atoms with Crippen molar-refractivity contribution in [1.29, 1.82) is 0 Å². The fraction of sp³-hybridized carbons (Fsp3) is 0.777. The van der Waals surface area contributed by atoms with Crippen LogP contribution in [-0.4, -0.2) is 237 Å². The van der Waals surface area contributed by atoms with Crippen molar-refractivity contribution in [2.75, 3.05) is 66.6 Å². The molecule has 8 atom stereocenters. The predicted octanol–water partition coefficient (Wildman–Crippen LogP) is 17.9. The quantitative estimate of drug-likeness (QED) is 0.00731. The fourth-order valence-electron chi connectivity index (χ4n) is 12.6. The smallest absolute Gasteiger partial charge is 0.329 e. The Kier molecular flexibility index (Phi) is 95.9. The molecular weight excluding hydrogens is 1870 g/mol. The SMILES string of the molecule is CC1(C)OCC(CO)O1.CCC(O)CO.CCC1COC(C)(C)O1.CCCCCCC(=O)N[C@@H](Cc1ccc(O)c(O)c1)C(=O)O.CCCCCCC(=O)N[C@@H](Cc1ccc(O)c(O)c1)C(=O)OCC(COC(=O)CCCCCC)OC(=O)CCCCCC.CCCCCCC(=O)OCC(CC)OC(=O)CCCCCC.CCCCCCC(=O)OCC(CO)OC(=O)CCCCCC.CO.[CH3-].[Pd]. The Balaban J connectivity index is -0.000000393. The number of unbranched alkanes of at least 4 members (excludes halogenated alkanes) is 24. The van der Waals surface area contributed by atoms with Gasteiger partial charge in [0.25, 0.3) is 0 Å². The van der Waals surface area contributed by atoms with E-state index in [1.807, 2.05) is 41.5 Å². The van der Waals surface area contributed by atoms with Gasteiger partial charge >= 0.3 is 47.8 Å². The molecule has 2 aliphatic rings. The summed E-state index contributed by atoms with van der Waals surface area (Å²) in [4.78, 5) is 120. The minimum absolute atomic E-state index is 0. The standard InChI is InChI=1S/C33H53NO9.C18H34O4.C17H32O5.C16H23NO5.C7H14O2.C6H12O3.C4H10O2.CH4O.CH3.Pd/c1-4-7-10-13-16-30(37)34-27(21-25-19-20-28(35)29(36)22-25)33(40)42-24-26(43-32(39)18-15-12-9-6-3)23-41-31(38)17-14-11-8-5-2;1-4-7-9-11-13-17(19)21-15-16(6-3)22-18(20)14-12-10-8-5-2;1-3-5-7-9-11-16(19)21-14-15(13-18)22-17(20)12-10-8-6-4-2;1-2-3-4-5-6-15(20)17-12(16(21)22)9-11-7-8-13(18)14(19)10-11;1-4-6-5-8-7(2,3)9-6;1-6(2)8-4-5(3-7)9-6;1-2-4(6)3-5;1-2;;/h19-20,22,26-27,35-36H,4-18,21,23-24H2,1-3H3,(H,34,37);16H,4-15H2,1-3H3;15,18H,3-14H2,1-2H3;7-8,10,12,18-19H,2-6,9H2,1H3,(H,17,20)(H,21,22);6H,4-5H2,1-3H3;5,7H,3-4H2,1-2H3;4-6H,2-3H2,1H3;2H,1H3;1H3;/q;;;;;;;;-1;/t26?,27-;;;12-;;;;;;/m0..0....../s1. The Morgan fingerprint density at radius 2 is 0.679 bits per heavy atom. The van der Waals surface area contributed by atoms with E-state index < -0.39 is 60.1 Å². The summed E-state index contributed by atoms with van der Waals surface area (Å²) in [6, 6.07) is 6.09. The first-order valence-electron chi connectivity index (χ1n) is 50.1. The number of benzene rings is 2. The second kappa shape index (κ2) is 93.6. The summed E-state index contributed by atoms with van der Waals surface area (Å²) in [6.07, 6.45) is 34.0. The number of aliphatic carboxylic acids is 1. The molecule has 2 fully saturated rings. The summed E-state index contributed by atoms with van der Waals surface area (Å²) in [7, 11) is 1.00. The molecule has 2 amide bonds. The number of aliphatic hydroxyl groups is 5. The number of carboxylic acid groups (broad SMARTS) is 1. The van der Waals surface area contributed by atoms with E-state index in [0.717, 1.165) is 206 Å². The third kappa shape index (κ3) is 84.1. The van der Waals surface area contributed by atoms with Crippen molar-refractivity contribution in [3.8, 4) is 23.0 Å². The van der Waals surface area contributed by atoms with E-state index in [4.69, 9.17) is 72.5 Å². The molecule has 0 saturated carbocycles. The average Bonchev–Trinajstić information content (AvgIpc) is 1.34. The number of hydrogen-bond donors (Lipinski definition) is 12. The average molecular weight is 2050 g/mol. The molecule has 33 nitrogen and oxygen atoms in total. The van der Waals surface area contributed by atoms with Gasteiger partial charge in [-0.15, -0.1) is 0 Å². The monoisotopic (exact) mass is 2050 g/mol. The van der Waals surface area contributed by atoms with E-state index in [1.165, 1.54) is 36.4 Å². The summed E-state index contributed by atoms with van der Waals surface area (Å²) >= 11 is 0. The largest absolute Gasteiger partial charge is 0.504 e. The normalized spacial score (nSPS) is 14.6. The molecule has 34 heteroatoms. The summed E-state index contributed by atoms with van der Waals surface area (Å²) in [5, 5.41) is 93.9. The molecule has 2 aromatic rings. The Morgan fingerprint density at radius 1 is 0.380 bits per heavy atom. The van der Waals surface area contributed by atoms with Gasteiger partial charge in [0.2, 0.25) is 11.8 Å². The van der Waals surface area contributed by atoms with Gasteiger partial charge in [-0.2, -0.15) is 0 Å². The molecule has 2 aromatic carbocycles. The van der Waals surface area contributed by atoms with Crippen LogP contribution < -0.4 is 10.6 Å². The summed E-state index contributed by atoms with van der Waals surface area (Å²) in [5.41, 5.74) is 1.02. The second-order valence-electron chi connectivity index (χ2n) is 34.5. The molecule has 0 bridgehead atoms. The minimum Gasteiger partial charge on any atom is -0.504 e. The van der Waals surface area contributed by atoms with Crippen LogP contribution in [-0.2, 0) is 133 Å². The van der Waals surface area contributed by atoms with Crippen LogP contribution in [0.25, 0.3) is 0 Å². The van der Waals surface area contributed by atoms with Crippen LogP contribution >= 0.6 is 0 Å². The van der Waals surface area contributed by atoms with Gasteiger partial charge in [-0.05, 0) is 134 Å². The first-order chi connectivity index (χ1) is 64.5. The van der Waals surface area contributed by atoms with Crippen molar-refractivity contribution in [2.45, 2.75) is 453 Å². The maximum absolute atomic E-state index is 13.2. The molecular formula is C103H185N2O31Pd-. The summed E-state index contributed by atoms with van der Waals surface area (Å²) in [5.74, 6) is -6.42. The predicted molar refractivity (Wildman–Crippen MR) is 524 cm³/mol. The van der Waals surface area contributed by atoms with Crippen molar-refractivity contribution < 1.29 is 172 Å². The minimum atomic E-state index is -1.13. The molecule has 2 saturated heterocycles. The van der Waals surface area contributed by atoms with Crippen LogP contribution in [0.15, 0.2) is 36.4 Å². The maximum atomic E-state index is 13.2. The molecule has 0 spiro atoms. The molecule has 12 N–H and O–H groups in total. The summed E-state index contributed by atoms with van der Waals surface area (Å²) in [6.45, 7) is 30.6. The van der Waals surface area contributed by atoms with Gasteiger partial charge in [0.15, 0.2) is 46.8 Å². The van der Waals surface area contributed by atoms with Gasteiger partial charge in [0.1, 0.15) is 50.7 Å². The molecule has 137 heavy (non-hydrogen) atoms. The van der Waals surface area contributed by atoms with Gasteiger partial charge in [-0.1, -0.05) is 242 Å². The van der Waals surface area contributed by atoms with Crippen LogP contribution in [0, 0.1) is 7.43 Å². The van der Waals surface area contributed by atoms with E-state index in [-0.39, 0.29) is 183 Å². The molecule has 6 unspecified atom stereocenters. The Morgan fingerprint density at radius 3 is 0.949 bits per heavy atom. The number of amides is 2. The number of esters is 7. The first-order valence-corrected chi connectivity index (χ1v) is 50.1. The number of phenolic OH excluding ortho intramolecular Hbond substituents is 4. The van der Waals surface area contributed by atoms with E-state index >= 15 is 0 Å². The zero-order chi connectivity index (χ0) is 102. The van der Waals surface area contributed by atoms with Crippen LogP contribution in [0.5, 0.6) is 23.0 Å². The van der Waals surface area contributed by atoms with Crippen molar-refractivity contribution in [1.82, 2.24) is 10.6 Å². The zero-order valence-corrected chi connectivity index (χ0v) is 88.2. The number of hydrogen-bond acceptors (Lipinski definition) is 30. The number of carbonyl (C=O) groups is 10. The second-order valence-corrected chi connectivity index (χ2v) is 34.5. The number of nitrogens with one attached hydrogen (secondary N) is 2. The van der Waals surface area contributed by atoms with Gasteiger partial charge in [0.05, 0.1) is 45.2 Å². The van der Waals surface area contributed by atoms with E-state index in [9.17, 15) is 78.6 Å². The number of aliphatic hydroxyl groups excluding tert-OH is 5. The maximum Gasteiger partial charge on any atom is 0.329 e. The fourth-order valence-corrected chi connectivity index (χ4v) is 12.6. The Hall–Kier alpha value is -7.36. The van der Waals surface area contributed by atoms with E-state index in [2.05, 4.69) is 72.9 Å². The van der Waals surface area contributed by atoms with Crippen molar-refractivity contribution in [3.05, 3.63) is 55.0 Å². The molecule has 2 aliphatic heterocycles. The molecule has 2 heterocycles. The van der Waals surface area contributed by atoms with Gasteiger partial charge in [-0.3, -0.25) is 38.4 Å². The molecule has 0 aromatic heterocycles. The Labute approximate surface area is 834 Å². The number of rotatable bonds is 65. The first kappa shape index (κ1) is 140. The van der Waals surface area contributed by atoms with Crippen LogP contribution in [0.4, 0.5) is 0 Å². The number of phenols is 4. The zero-order valence-electron chi connectivity index (χ0n) is 86.6. The molecule has 0 radical (unpaired) electrons. The van der Waals surface area contributed by atoms with Crippen LogP contribution in [0.2, 0.25) is 0 Å².